The molecule has 0 saturated heterocycles. The Morgan fingerprint density at radius 1 is 1.47 bits per heavy atom. The fourth-order valence-corrected chi connectivity index (χ4v) is 2.45. The van der Waals surface area contributed by atoms with E-state index in [1.807, 2.05) is 0 Å². The van der Waals surface area contributed by atoms with Crippen molar-refractivity contribution < 1.29 is 4.74 Å². The van der Waals surface area contributed by atoms with E-state index in [0.717, 1.165) is 39.1 Å². The van der Waals surface area contributed by atoms with Crippen LogP contribution in [0.3, 0.4) is 0 Å². The van der Waals surface area contributed by atoms with Gasteiger partial charge in [-0.2, -0.15) is 0 Å². The summed E-state index contributed by atoms with van der Waals surface area (Å²) in [6.45, 7) is 8.28. The van der Waals surface area contributed by atoms with E-state index in [2.05, 4.69) is 23.7 Å². The standard InChI is InChI=1S/C13H23N3O/c1-10(2)13-15-11-9-14-6-5-12(11)16(13)7-4-8-17-3/h10,14H,4-9H2,1-3H3. The molecule has 0 bridgehead atoms. The highest BCUT2D eigenvalue weighted by Crippen LogP contribution is 2.22. The molecule has 96 valence electrons. The Labute approximate surface area is 103 Å². The Balaban J connectivity index is 2.22. The lowest BCUT2D eigenvalue weighted by Crippen LogP contribution is -2.25. The van der Waals surface area contributed by atoms with Crippen LogP contribution in [0.15, 0.2) is 0 Å². The molecule has 4 nitrogen and oxygen atoms in total. The first-order valence-corrected chi connectivity index (χ1v) is 6.52. The summed E-state index contributed by atoms with van der Waals surface area (Å²) < 4.78 is 7.55. The van der Waals surface area contributed by atoms with Crippen LogP contribution in [0.1, 0.15) is 43.4 Å². The maximum absolute atomic E-state index is 5.14. The second-order valence-electron chi connectivity index (χ2n) is 4.94. The highest BCUT2D eigenvalue weighted by molar-refractivity contribution is 5.21. The molecule has 0 atom stereocenters. The Morgan fingerprint density at radius 2 is 2.29 bits per heavy atom. The summed E-state index contributed by atoms with van der Waals surface area (Å²) >= 11 is 0. The molecule has 0 spiro atoms. The van der Waals surface area contributed by atoms with Gasteiger partial charge in [0.05, 0.1) is 5.69 Å². The summed E-state index contributed by atoms with van der Waals surface area (Å²) in [6, 6.07) is 0. The molecule has 0 saturated carbocycles. The van der Waals surface area contributed by atoms with Gasteiger partial charge < -0.3 is 14.6 Å². The lowest BCUT2D eigenvalue weighted by Gasteiger charge is -2.17. The van der Waals surface area contributed by atoms with E-state index in [-0.39, 0.29) is 0 Å². The summed E-state index contributed by atoms with van der Waals surface area (Å²) in [7, 11) is 1.76. The topological polar surface area (TPSA) is 39.1 Å². The minimum atomic E-state index is 0.489. The van der Waals surface area contributed by atoms with Crippen LogP contribution in [0.4, 0.5) is 0 Å². The molecule has 0 aromatic carbocycles. The third kappa shape index (κ3) is 2.69. The molecular formula is C13H23N3O. The van der Waals surface area contributed by atoms with Crippen molar-refractivity contribution in [3.8, 4) is 0 Å². The Morgan fingerprint density at radius 3 is 3.00 bits per heavy atom. The third-order valence-corrected chi connectivity index (χ3v) is 3.26. The lowest BCUT2D eigenvalue weighted by atomic mass is 10.1. The SMILES string of the molecule is COCCCn1c(C(C)C)nc2c1CCNC2. The van der Waals surface area contributed by atoms with Crippen LogP contribution in [-0.2, 0) is 24.2 Å². The predicted octanol–water partition coefficient (Wildman–Crippen LogP) is 1.69. The van der Waals surface area contributed by atoms with Gasteiger partial charge in [-0.25, -0.2) is 4.98 Å². The Bertz CT molecular complexity index is 371. The number of hydrogen-bond donors (Lipinski definition) is 1. The van der Waals surface area contributed by atoms with Crippen LogP contribution in [-0.4, -0.2) is 29.8 Å². The molecule has 0 radical (unpaired) electrons. The van der Waals surface area contributed by atoms with Gasteiger partial charge in [0.2, 0.25) is 0 Å². The van der Waals surface area contributed by atoms with Gasteiger partial charge in [0.25, 0.3) is 0 Å². The molecule has 2 rings (SSSR count). The molecule has 17 heavy (non-hydrogen) atoms. The average Bonchev–Trinajstić information content (AvgIpc) is 2.69. The van der Waals surface area contributed by atoms with E-state index in [0.29, 0.717) is 5.92 Å². The summed E-state index contributed by atoms with van der Waals surface area (Å²) in [6.07, 6.45) is 2.16. The zero-order valence-electron chi connectivity index (χ0n) is 11.1. The van der Waals surface area contributed by atoms with Crippen molar-refractivity contribution in [2.24, 2.45) is 0 Å². The first-order chi connectivity index (χ1) is 8.24. The minimum Gasteiger partial charge on any atom is -0.385 e. The molecule has 0 unspecified atom stereocenters. The summed E-state index contributed by atoms with van der Waals surface area (Å²) in [5.41, 5.74) is 2.68. The summed E-state index contributed by atoms with van der Waals surface area (Å²) in [5.74, 6) is 1.72. The minimum absolute atomic E-state index is 0.489. The lowest BCUT2D eigenvalue weighted by molar-refractivity contribution is 0.189. The highest BCUT2D eigenvalue weighted by Gasteiger charge is 2.20. The van der Waals surface area contributed by atoms with Crippen LogP contribution in [0, 0.1) is 0 Å². The monoisotopic (exact) mass is 237 g/mol. The molecule has 1 aliphatic rings. The predicted molar refractivity (Wildman–Crippen MR) is 68.2 cm³/mol. The van der Waals surface area contributed by atoms with Crippen LogP contribution in [0.5, 0.6) is 0 Å². The normalized spacial score (nSPS) is 15.3. The molecule has 4 heteroatoms. The second-order valence-corrected chi connectivity index (χ2v) is 4.94. The van der Waals surface area contributed by atoms with Crippen LogP contribution >= 0.6 is 0 Å². The van der Waals surface area contributed by atoms with Gasteiger partial charge in [-0.15, -0.1) is 0 Å². The molecule has 2 heterocycles. The van der Waals surface area contributed by atoms with E-state index in [1.165, 1.54) is 17.2 Å². The van der Waals surface area contributed by atoms with E-state index < -0.39 is 0 Å². The average molecular weight is 237 g/mol. The largest absolute Gasteiger partial charge is 0.385 e. The van der Waals surface area contributed by atoms with Gasteiger partial charge in [0, 0.05) is 51.4 Å². The van der Waals surface area contributed by atoms with Crippen molar-refractivity contribution in [3.63, 3.8) is 0 Å². The number of nitrogens with zero attached hydrogens (tertiary/aromatic N) is 2. The van der Waals surface area contributed by atoms with Crippen molar-refractivity contribution in [2.75, 3.05) is 20.3 Å². The van der Waals surface area contributed by atoms with Gasteiger partial charge in [0.15, 0.2) is 0 Å². The van der Waals surface area contributed by atoms with Crippen molar-refractivity contribution in [2.45, 2.75) is 45.7 Å². The van der Waals surface area contributed by atoms with Gasteiger partial charge in [-0.1, -0.05) is 13.8 Å². The van der Waals surface area contributed by atoms with E-state index in [9.17, 15) is 0 Å². The molecule has 0 aliphatic carbocycles. The van der Waals surface area contributed by atoms with Gasteiger partial charge in [-0.05, 0) is 6.42 Å². The Kier molecular flexibility index (Phi) is 4.18. The number of ether oxygens (including phenoxy) is 1. The van der Waals surface area contributed by atoms with Crippen molar-refractivity contribution in [3.05, 3.63) is 17.2 Å². The van der Waals surface area contributed by atoms with E-state index in [1.54, 1.807) is 7.11 Å². The molecule has 1 N–H and O–H groups in total. The molecule has 1 aromatic heterocycles. The van der Waals surface area contributed by atoms with Gasteiger partial charge in [-0.3, -0.25) is 0 Å². The van der Waals surface area contributed by atoms with Crippen LogP contribution in [0.2, 0.25) is 0 Å². The summed E-state index contributed by atoms with van der Waals surface area (Å²) in [4.78, 5) is 4.79. The molecule has 1 aliphatic heterocycles. The number of rotatable bonds is 5. The highest BCUT2D eigenvalue weighted by atomic mass is 16.5. The molecule has 0 amide bonds. The van der Waals surface area contributed by atoms with Gasteiger partial charge in [0.1, 0.15) is 5.82 Å². The summed E-state index contributed by atoms with van der Waals surface area (Å²) in [5, 5.41) is 3.39. The zero-order chi connectivity index (χ0) is 12.3. The fourth-order valence-electron chi connectivity index (χ4n) is 2.45. The van der Waals surface area contributed by atoms with Crippen molar-refractivity contribution in [1.82, 2.24) is 14.9 Å². The number of nitrogens with one attached hydrogen (secondary N) is 1. The van der Waals surface area contributed by atoms with Crippen LogP contribution < -0.4 is 5.32 Å². The second kappa shape index (κ2) is 5.65. The van der Waals surface area contributed by atoms with Crippen molar-refractivity contribution in [1.29, 1.82) is 0 Å². The smallest absolute Gasteiger partial charge is 0.111 e. The Hall–Kier alpha value is -0.870. The number of fused-ring (bicyclic) bond motifs is 1. The zero-order valence-corrected chi connectivity index (χ0v) is 11.1. The van der Waals surface area contributed by atoms with Gasteiger partial charge >= 0.3 is 0 Å². The fraction of sp³-hybridized carbons (Fsp3) is 0.769. The molecule has 1 aromatic rings. The van der Waals surface area contributed by atoms with E-state index >= 15 is 0 Å². The maximum Gasteiger partial charge on any atom is 0.111 e. The quantitative estimate of drug-likeness (QED) is 0.792. The first kappa shape index (κ1) is 12.6. The van der Waals surface area contributed by atoms with Crippen molar-refractivity contribution >= 4 is 0 Å². The number of imidazole rings is 1. The number of aromatic nitrogens is 2. The third-order valence-electron chi connectivity index (χ3n) is 3.26. The molecular weight excluding hydrogens is 214 g/mol. The van der Waals surface area contributed by atoms with Crippen LogP contribution in [0.25, 0.3) is 0 Å². The number of methoxy groups -OCH3 is 1. The number of hydrogen-bond acceptors (Lipinski definition) is 3. The molecule has 0 fully saturated rings. The van der Waals surface area contributed by atoms with E-state index in [4.69, 9.17) is 9.72 Å². The maximum atomic E-state index is 5.14. The first-order valence-electron chi connectivity index (χ1n) is 6.52.